The van der Waals surface area contributed by atoms with E-state index < -0.39 is 0 Å². The van der Waals surface area contributed by atoms with E-state index in [2.05, 4.69) is 35.8 Å². The van der Waals surface area contributed by atoms with Crippen LogP contribution in [0.1, 0.15) is 54.8 Å². The number of nitrogens with one attached hydrogen (secondary N) is 2. The summed E-state index contributed by atoms with van der Waals surface area (Å²) in [6, 6.07) is 2.86. The number of aryl methyl sites for hydroxylation is 1. The molecule has 2 saturated heterocycles. The van der Waals surface area contributed by atoms with Crippen LogP contribution in [0, 0.1) is 0 Å². The molecule has 0 unspecified atom stereocenters. The smallest absolute Gasteiger partial charge is 0.243 e. The van der Waals surface area contributed by atoms with Gasteiger partial charge < -0.3 is 15.1 Å². The number of likely N-dealkylation sites (tertiary alicyclic amines) is 2. The highest BCUT2D eigenvalue weighted by molar-refractivity contribution is 7.12. The summed E-state index contributed by atoms with van der Waals surface area (Å²) in [5.74, 6) is 0.199. The van der Waals surface area contributed by atoms with Crippen molar-refractivity contribution in [2.75, 3.05) is 39.3 Å². The molecule has 0 saturated carbocycles. The van der Waals surface area contributed by atoms with E-state index in [0.29, 0.717) is 12.6 Å². The Bertz CT molecular complexity index is 849. The van der Waals surface area contributed by atoms with E-state index in [1.54, 1.807) is 4.88 Å². The molecule has 7 nitrogen and oxygen atoms in total. The number of thiophene rings is 1. The number of ether oxygens (including phenoxy) is 1. The van der Waals surface area contributed by atoms with Crippen molar-refractivity contribution in [1.29, 1.82) is 0 Å². The summed E-state index contributed by atoms with van der Waals surface area (Å²) in [6.07, 6.45) is 8.56. The normalized spacial score (nSPS) is 28.7. The molecule has 1 amide bonds. The largest absolute Gasteiger partial charge is 0.370 e. The molecule has 5 rings (SSSR count). The number of hydrogen-bond donors (Lipinski definition) is 2. The van der Waals surface area contributed by atoms with Crippen molar-refractivity contribution in [2.24, 2.45) is 0 Å². The Morgan fingerprint density at radius 3 is 2.94 bits per heavy atom. The fourth-order valence-electron chi connectivity index (χ4n) is 5.50. The molecule has 4 aliphatic heterocycles. The molecular weight excluding hydrogens is 410 g/mol. The van der Waals surface area contributed by atoms with E-state index in [-0.39, 0.29) is 11.5 Å². The molecule has 31 heavy (non-hydrogen) atoms. The molecule has 2 fully saturated rings. The Hall–Kier alpha value is -1.61. The number of carbonyl (C=O) groups excluding carboxylic acids is 1. The highest BCUT2D eigenvalue weighted by Crippen LogP contribution is 2.46. The first-order chi connectivity index (χ1) is 15.1. The van der Waals surface area contributed by atoms with Gasteiger partial charge in [-0.25, -0.2) is 0 Å². The zero-order valence-electron chi connectivity index (χ0n) is 18.8. The predicted molar refractivity (Wildman–Crippen MR) is 122 cm³/mol. The van der Waals surface area contributed by atoms with Crippen molar-refractivity contribution in [2.45, 2.75) is 64.0 Å². The first-order valence-corrected chi connectivity index (χ1v) is 12.6. The molecule has 0 aromatic carbocycles. The van der Waals surface area contributed by atoms with Crippen molar-refractivity contribution >= 4 is 17.2 Å². The fourth-order valence-corrected chi connectivity index (χ4v) is 6.68. The van der Waals surface area contributed by atoms with E-state index in [9.17, 15) is 4.79 Å². The number of carbonyl (C=O) groups is 1. The lowest BCUT2D eigenvalue weighted by Gasteiger charge is -2.47. The number of hydrazine groups is 2. The van der Waals surface area contributed by atoms with Crippen LogP contribution in [0.2, 0.25) is 0 Å². The third-order valence-corrected chi connectivity index (χ3v) is 8.61. The lowest BCUT2D eigenvalue weighted by Crippen LogP contribution is -2.51. The summed E-state index contributed by atoms with van der Waals surface area (Å²) in [6.45, 7) is 9.47. The number of piperidine rings is 1. The first kappa shape index (κ1) is 21.2. The van der Waals surface area contributed by atoms with Gasteiger partial charge in [-0.15, -0.1) is 16.9 Å². The zero-order valence-corrected chi connectivity index (χ0v) is 19.6. The van der Waals surface area contributed by atoms with Crippen LogP contribution >= 0.6 is 11.3 Å². The lowest BCUT2D eigenvalue weighted by molar-refractivity contribution is -0.131. The van der Waals surface area contributed by atoms with Crippen LogP contribution in [0.4, 0.5) is 0 Å². The third-order valence-electron chi connectivity index (χ3n) is 7.27. The average Bonchev–Trinajstić information content (AvgIpc) is 3.51. The zero-order chi connectivity index (χ0) is 21.4. The van der Waals surface area contributed by atoms with E-state index >= 15 is 0 Å². The van der Waals surface area contributed by atoms with E-state index in [4.69, 9.17) is 4.74 Å². The summed E-state index contributed by atoms with van der Waals surface area (Å²) < 4.78 is 6.48. The van der Waals surface area contributed by atoms with Gasteiger partial charge in [0, 0.05) is 54.6 Å². The van der Waals surface area contributed by atoms with Crippen LogP contribution in [0.3, 0.4) is 0 Å². The van der Waals surface area contributed by atoms with E-state index in [1.807, 2.05) is 27.4 Å². The highest BCUT2D eigenvalue weighted by atomic mass is 32.1. The summed E-state index contributed by atoms with van der Waals surface area (Å²) in [5, 5.41) is 1.88. The second kappa shape index (κ2) is 8.73. The van der Waals surface area contributed by atoms with Crippen LogP contribution in [0.5, 0.6) is 0 Å². The molecule has 1 spiro atoms. The molecule has 1 aromatic rings. The van der Waals surface area contributed by atoms with Crippen molar-refractivity contribution in [3.63, 3.8) is 0 Å². The number of rotatable bonds is 5. The molecule has 170 valence electrons. The average molecular weight is 446 g/mol. The topological polar surface area (TPSA) is 60.1 Å². The van der Waals surface area contributed by atoms with Crippen LogP contribution in [-0.4, -0.2) is 66.1 Å². The second-order valence-electron chi connectivity index (χ2n) is 9.38. The van der Waals surface area contributed by atoms with E-state index in [0.717, 1.165) is 77.0 Å². The van der Waals surface area contributed by atoms with Gasteiger partial charge in [-0.3, -0.25) is 14.7 Å². The summed E-state index contributed by atoms with van der Waals surface area (Å²) in [4.78, 5) is 19.9. The molecule has 4 aliphatic rings. The van der Waals surface area contributed by atoms with Crippen LogP contribution < -0.4 is 11.0 Å². The third kappa shape index (κ3) is 4.23. The number of fused-ring (bicyclic) bond motifs is 2. The van der Waals surface area contributed by atoms with Gasteiger partial charge in [0.05, 0.1) is 17.9 Å². The first-order valence-electron chi connectivity index (χ1n) is 11.8. The molecule has 8 heteroatoms. The Morgan fingerprint density at radius 1 is 1.32 bits per heavy atom. The molecular formula is C23H35N5O2S. The minimum absolute atomic E-state index is 0.0999. The maximum Gasteiger partial charge on any atom is 0.243 e. The van der Waals surface area contributed by atoms with Crippen molar-refractivity contribution in [3.05, 3.63) is 33.3 Å². The Kier molecular flexibility index (Phi) is 5.98. The van der Waals surface area contributed by atoms with Gasteiger partial charge in [-0.1, -0.05) is 6.92 Å². The number of amides is 1. The molecule has 1 aromatic heterocycles. The van der Waals surface area contributed by atoms with Gasteiger partial charge >= 0.3 is 0 Å². The molecule has 0 radical (unpaired) electrons. The Balaban J connectivity index is 1.19. The molecule has 2 N–H and O–H groups in total. The molecule has 0 aliphatic carbocycles. The minimum Gasteiger partial charge on any atom is -0.370 e. The van der Waals surface area contributed by atoms with Gasteiger partial charge in [-0.05, 0) is 50.7 Å². The Morgan fingerprint density at radius 2 is 2.16 bits per heavy atom. The minimum atomic E-state index is -0.0999. The van der Waals surface area contributed by atoms with E-state index in [1.165, 1.54) is 10.4 Å². The highest BCUT2D eigenvalue weighted by Gasteiger charge is 2.44. The number of hydrogen-bond acceptors (Lipinski definition) is 7. The monoisotopic (exact) mass is 445 g/mol. The maximum absolute atomic E-state index is 12.4. The fraction of sp³-hybridized carbons (Fsp3) is 0.696. The standard InChI is InChI=1S/C23H35N5O2S/c1-3-19-12-20-21(31-19)6-11-30-23(20)7-10-27(17(2)13-23)14-18-15-28(25-24-18)16-22(29)26-8-4-5-9-26/h12,15,17,24-25H,3-11,13-14,16H2,1-2H3/t17-,23+/m0/s1. The quantitative estimate of drug-likeness (QED) is 0.726. The van der Waals surface area contributed by atoms with Crippen LogP contribution in [-0.2, 0) is 28.0 Å². The Labute approximate surface area is 189 Å². The van der Waals surface area contributed by atoms with Crippen LogP contribution in [0.15, 0.2) is 18.0 Å². The molecule has 2 atom stereocenters. The van der Waals surface area contributed by atoms with Crippen molar-refractivity contribution in [3.8, 4) is 0 Å². The van der Waals surface area contributed by atoms with Crippen molar-refractivity contribution < 1.29 is 9.53 Å². The molecule has 0 bridgehead atoms. The van der Waals surface area contributed by atoms with Crippen LogP contribution in [0.25, 0.3) is 0 Å². The summed E-state index contributed by atoms with van der Waals surface area (Å²) >= 11 is 1.99. The maximum atomic E-state index is 12.4. The van der Waals surface area contributed by atoms with Gasteiger partial charge in [-0.2, -0.15) is 0 Å². The van der Waals surface area contributed by atoms with Gasteiger partial charge in [0.25, 0.3) is 0 Å². The predicted octanol–water partition coefficient (Wildman–Crippen LogP) is 2.35. The molecule has 5 heterocycles. The lowest BCUT2D eigenvalue weighted by atomic mass is 9.79. The number of nitrogens with zero attached hydrogens (tertiary/aromatic N) is 3. The van der Waals surface area contributed by atoms with Gasteiger partial charge in [0.15, 0.2) is 0 Å². The van der Waals surface area contributed by atoms with Gasteiger partial charge in [0.1, 0.15) is 6.54 Å². The van der Waals surface area contributed by atoms with Gasteiger partial charge in [0.2, 0.25) is 5.91 Å². The summed E-state index contributed by atoms with van der Waals surface area (Å²) in [5.41, 5.74) is 8.89. The summed E-state index contributed by atoms with van der Waals surface area (Å²) in [7, 11) is 0. The van der Waals surface area contributed by atoms with Crippen molar-refractivity contribution in [1.82, 2.24) is 25.8 Å². The second-order valence-corrected chi connectivity index (χ2v) is 10.6. The SMILES string of the molecule is CCc1cc2c(s1)CCO[C@@]21CCN(CC2=CN(CC(=O)N3CCCC3)NN2)[C@@H](C)C1.